The van der Waals surface area contributed by atoms with Crippen molar-refractivity contribution < 1.29 is 10.2 Å². The van der Waals surface area contributed by atoms with Crippen molar-refractivity contribution in [2.24, 2.45) is 17.3 Å². The first-order valence-electron chi connectivity index (χ1n) is 8.75. The highest BCUT2D eigenvalue weighted by Crippen LogP contribution is 2.62. The van der Waals surface area contributed by atoms with E-state index in [2.05, 4.69) is 19.1 Å². The normalized spacial score (nSPS) is 38.5. The number of fused-ring (bicyclic) bond motifs is 5. The number of benzene rings is 1. The maximum atomic E-state index is 9.74. The minimum absolute atomic E-state index is 0.188. The highest BCUT2D eigenvalue weighted by atomic mass is 16.3. The molecule has 0 spiro atoms. The summed E-state index contributed by atoms with van der Waals surface area (Å²) in [5.74, 6) is 2.63. The number of allylic oxidation sites excluding steroid dienone is 1. The van der Waals surface area contributed by atoms with Gasteiger partial charge in [0.15, 0.2) is 0 Å². The Balaban J connectivity index is 1.69. The molecule has 0 saturated heterocycles. The summed E-state index contributed by atoms with van der Waals surface area (Å²) in [4.78, 5) is 0. The van der Waals surface area contributed by atoms with E-state index >= 15 is 0 Å². The van der Waals surface area contributed by atoms with E-state index in [0.717, 1.165) is 18.3 Å². The molecule has 0 bridgehead atoms. The standard InChI is InChI=1S/C20H26O2/c1-20-10-8-17-16-6-4-15(22)12-13(16)2-5-18(17)19(20)7-3-14(20)9-11-21/h4,6,9,12,17-19,21-22H,2-3,5,7-8,10-11H2,1H3/b14-9+/t17-,18-,19+,20-/m1/s1. The van der Waals surface area contributed by atoms with E-state index in [0.29, 0.717) is 17.1 Å². The van der Waals surface area contributed by atoms with Crippen LogP contribution in [0.3, 0.4) is 0 Å². The van der Waals surface area contributed by atoms with Crippen molar-refractivity contribution in [1.29, 1.82) is 0 Å². The number of hydrogen-bond acceptors (Lipinski definition) is 2. The van der Waals surface area contributed by atoms with Gasteiger partial charge in [0.25, 0.3) is 0 Å². The van der Waals surface area contributed by atoms with Crippen molar-refractivity contribution in [3.8, 4) is 5.75 Å². The van der Waals surface area contributed by atoms with Crippen LogP contribution in [0, 0.1) is 17.3 Å². The van der Waals surface area contributed by atoms with Crippen LogP contribution in [0.1, 0.15) is 56.1 Å². The molecular formula is C20H26O2. The number of rotatable bonds is 1. The molecule has 0 radical (unpaired) electrons. The number of phenols is 1. The van der Waals surface area contributed by atoms with Gasteiger partial charge in [0.1, 0.15) is 5.75 Å². The summed E-state index contributed by atoms with van der Waals surface area (Å²) < 4.78 is 0. The minimum Gasteiger partial charge on any atom is -0.508 e. The van der Waals surface area contributed by atoms with Crippen LogP contribution in [0.4, 0.5) is 0 Å². The molecule has 2 nitrogen and oxygen atoms in total. The Morgan fingerprint density at radius 2 is 2.09 bits per heavy atom. The highest BCUT2D eigenvalue weighted by molar-refractivity contribution is 5.40. The topological polar surface area (TPSA) is 40.5 Å². The van der Waals surface area contributed by atoms with E-state index in [4.69, 9.17) is 0 Å². The van der Waals surface area contributed by atoms with E-state index in [-0.39, 0.29) is 6.61 Å². The van der Waals surface area contributed by atoms with Gasteiger partial charge in [-0.3, -0.25) is 0 Å². The van der Waals surface area contributed by atoms with Gasteiger partial charge in [-0.25, -0.2) is 0 Å². The molecule has 2 heteroatoms. The zero-order valence-electron chi connectivity index (χ0n) is 13.4. The van der Waals surface area contributed by atoms with Crippen molar-refractivity contribution >= 4 is 0 Å². The molecule has 0 heterocycles. The summed E-state index contributed by atoms with van der Waals surface area (Å²) in [6.07, 6.45) is 9.40. The Bertz CT molecular complexity index is 618. The Kier molecular flexibility index (Phi) is 3.34. The van der Waals surface area contributed by atoms with Gasteiger partial charge in [0.05, 0.1) is 6.61 Å². The number of phenolic OH excluding ortho intramolecular Hbond substituents is 1. The lowest BCUT2D eigenvalue weighted by Gasteiger charge is -2.49. The molecule has 0 aromatic heterocycles. The highest BCUT2D eigenvalue weighted by Gasteiger charge is 2.52. The predicted molar refractivity (Wildman–Crippen MR) is 87.9 cm³/mol. The van der Waals surface area contributed by atoms with Crippen LogP contribution < -0.4 is 0 Å². The third kappa shape index (κ3) is 1.96. The summed E-state index contributed by atoms with van der Waals surface area (Å²) in [6.45, 7) is 2.63. The van der Waals surface area contributed by atoms with Gasteiger partial charge < -0.3 is 10.2 Å². The minimum atomic E-state index is 0.188. The third-order valence-electron chi connectivity index (χ3n) is 6.90. The van der Waals surface area contributed by atoms with Gasteiger partial charge in [-0.1, -0.05) is 24.6 Å². The maximum Gasteiger partial charge on any atom is 0.115 e. The molecular weight excluding hydrogens is 272 g/mol. The summed E-state index contributed by atoms with van der Waals surface area (Å²) in [7, 11) is 0. The van der Waals surface area contributed by atoms with E-state index in [1.165, 1.54) is 48.8 Å². The molecule has 0 amide bonds. The van der Waals surface area contributed by atoms with Crippen LogP contribution >= 0.6 is 0 Å². The average molecular weight is 298 g/mol. The Labute approximate surface area is 132 Å². The smallest absolute Gasteiger partial charge is 0.115 e. The fourth-order valence-corrected chi connectivity index (χ4v) is 5.86. The molecule has 2 fully saturated rings. The number of aryl methyl sites for hydroxylation is 1. The molecule has 22 heavy (non-hydrogen) atoms. The largest absolute Gasteiger partial charge is 0.508 e. The third-order valence-corrected chi connectivity index (χ3v) is 6.90. The fourth-order valence-electron chi connectivity index (χ4n) is 5.86. The molecule has 2 N–H and O–H groups in total. The number of aliphatic hydroxyl groups is 1. The molecule has 0 aliphatic heterocycles. The monoisotopic (exact) mass is 298 g/mol. The average Bonchev–Trinajstić information content (AvgIpc) is 2.84. The zero-order valence-corrected chi connectivity index (χ0v) is 13.4. The number of aromatic hydroxyl groups is 1. The van der Waals surface area contributed by atoms with Crippen molar-refractivity contribution in [3.05, 3.63) is 41.0 Å². The van der Waals surface area contributed by atoms with Crippen molar-refractivity contribution in [3.63, 3.8) is 0 Å². The molecule has 1 aromatic carbocycles. The first-order valence-corrected chi connectivity index (χ1v) is 8.75. The van der Waals surface area contributed by atoms with Crippen LogP contribution in [0.15, 0.2) is 29.8 Å². The lowest BCUT2D eigenvalue weighted by atomic mass is 9.55. The van der Waals surface area contributed by atoms with Crippen molar-refractivity contribution in [1.82, 2.24) is 0 Å². The van der Waals surface area contributed by atoms with Gasteiger partial charge in [0.2, 0.25) is 0 Å². The quantitative estimate of drug-likeness (QED) is 0.764. The van der Waals surface area contributed by atoms with Gasteiger partial charge in [0, 0.05) is 0 Å². The van der Waals surface area contributed by atoms with E-state index in [1.54, 1.807) is 0 Å². The SMILES string of the molecule is C[C@]12CC[C@@H]3c4ccc(O)cc4CC[C@H]3[C@@H]1CC/C2=C\CO. The summed E-state index contributed by atoms with van der Waals surface area (Å²) in [6, 6.07) is 6.01. The van der Waals surface area contributed by atoms with E-state index in [9.17, 15) is 10.2 Å². The molecule has 3 aliphatic carbocycles. The lowest BCUT2D eigenvalue weighted by molar-refractivity contribution is 0.0809. The Morgan fingerprint density at radius 3 is 2.91 bits per heavy atom. The van der Waals surface area contributed by atoms with Crippen molar-refractivity contribution in [2.45, 2.75) is 51.4 Å². The lowest BCUT2D eigenvalue weighted by Crippen LogP contribution is -2.40. The summed E-state index contributed by atoms with van der Waals surface area (Å²) >= 11 is 0. The van der Waals surface area contributed by atoms with E-state index in [1.807, 2.05) is 12.1 Å². The molecule has 4 rings (SSSR count). The number of aliphatic hydroxyl groups excluding tert-OH is 1. The summed E-state index contributed by atoms with van der Waals surface area (Å²) in [5, 5.41) is 19.1. The van der Waals surface area contributed by atoms with Gasteiger partial charge in [-0.05, 0) is 85.0 Å². The Hall–Kier alpha value is -1.28. The van der Waals surface area contributed by atoms with Gasteiger partial charge in [-0.15, -0.1) is 0 Å². The maximum absolute atomic E-state index is 9.74. The molecule has 1 aromatic rings. The van der Waals surface area contributed by atoms with Gasteiger partial charge in [-0.2, -0.15) is 0 Å². The zero-order chi connectivity index (χ0) is 15.3. The second kappa shape index (κ2) is 5.13. The van der Waals surface area contributed by atoms with E-state index < -0.39 is 0 Å². The molecule has 4 atom stereocenters. The predicted octanol–water partition coefficient (Wildman–Crippen LogP) is 4.17. The van der Waals surface area contributed by atoms with Gasteiger partial charge >= 0.3 is 0 Å². The van der Waals surface area contributed by atoms with Crippen LogP contribution in [0.5, 0.6) is 5.75 Å². The van der Waals surface area contributed by atoms with Crippen LogP contribution in [0.25, 0.3) is 0 Å². The number of hydrogen-bond donors (Lipinski definition) is 2. The molecule has 118 valence electrons. The fraction of sp³-hybridized carbons (Fsp3) is 0.600. The second-order valence-corrected chi connectivity index (χ2v) is 7.71. The first kappa shape index (κ1) is 14.3. The Morgan fingerprint density at radius 1 is 1.23 bits per heavy atom. The second-order valence-electron chi connectivity index (χ2n) is 7.71. The molecule has 0 unspecified atom stereocenters. The summed E-state index contributed by atoms with van der Waals surface area (Å²) in [5.41, 5.74) is 4.69. The van der Waals surface area contributed by atoms with Crippen LogP contribution in [0.2, 0.25) is 0 Å². The van der Waals surface area contributed by atoms with Crippen LogP contribution in [-0.4, -0.2) is 16.8 Å². The molecule has 3 aliphatic rings. The van der Waals surface area contributed by atoms with Crippen LogP contribution in [-0.2, 0) is 6.42 Å². The first-order chi connectivity index (χ1) is 10.6. The molecule has 2 saturated carbocycles. The van der Waals surface area contributed by atoms with Crippen molar-refractivity contribution in [2.75, 3.05) is 6.61 Å².